The summed E-state index contributed by atoms with van der Waals surface area (Å²) in [5, 5.41) is 3.04. The first-order valence-electron chi connectivity index (χ1n) is 6.85. The molecule has 2 nitrogen and oxygen atoms in total. The number of benzene rings is 2. The maximum absolute atomic E-state index is 6.03. The third-order valence-corrected chi connectivity index (χ3v) is 4.00. The minimum atomic E-state index is 0.734. The summed E-state index contributed by atoms with van der Waals surface area (Å²) in [6, 6.07) is 16.4. The van der Waals surface area contributed by atoms with Crippen molar-refractivity contribution in [2.24, 2.45) is 0 Å². The molecular weight excluding hydrogens is 280 g/mol. The zero-order valence-electron chi connectivity index (χ0n) is 11.5. The number of aromatic nitrogens is 2. The summed E-state index contributed by atoms with van der Waals surface area (Å²) in [5.41, 5.74) is 5.37. The lowest BCUT2D eigenvalue weighted by molar-refractivity contribution is 1.38. The van der Waals surface area contributed by atoms with Crippen LogP contribution in [0.1, 0.15) is 5.56 Å². The number of rotatable bonds is 1. The number of H-pyrrole nitrogens is 1. The summed E-state index contributed by atoms with van der Waals surface area (Å²) >= 11 is 6.03. The van der Waals surface area contributed by atoms with Crippen LogP contribution in [0.25, 0.3) is 33.1 Å². The van der Waals surface area contributed by atoms with Crippen LogP contribution in [0.3, 0.4) is 0 Å². The maximum Gasteiger partial charge on any atom is 0.0731 e. The van der Waals surface area contributed by atoms with Crippen molar-refractivity contribution < 1.29 is 0 Å². The Kier molecular flexibility index (Phi) is 2.72. The fraction of sp³-hybridized carbons (Fsp3) is 0.0556. The Morgan fingerprint density at radius 2 is 1.90 bits per heavy atom. The molecule has 0 aliphatic heterocycles. The van der Waals surface area contributed by atoms with Crippen LogP contribution in [0.5, 0.6) is 0 Å². The zero-order valence-corrected chi connectivity index (χ0v) is 12.3. The normalized spacial score (nSPS) is 11.3. The van der Waals surface area contributed by atoms with Crippen molar-refractivity contribution in [3.8, 4) is 11.3 Å². The Balaban J connectivity index is 1.93. The Morgan fingerprint density at radius 3 is 2.81 bits per heavy atom. The first-order valence-corrected chi connectivity index (χ1v) is 7.23. The van der Waals surface area contributed by atoms with Gasteiger partial charge < -0.3 is 4.98 Å². The monoisotopic (exact) mass is 292 g/mol. The highest BCUT2D eigenvalue weighted by Gasteiger charge is 2.08. The largest absolute Gasteiger partial charge is 0.360 e. The average molecular weight is 293 g/mol. The van der Waals surface area contributed by atoms with Crippen LogP contribution in [-0.4, -0.2) is 9.97 Å². The molecule has 0 bridgehead atoms. The van der Waals surface area contributed by atoms with E-state index in [1.807, 2.05) is 24.4 Å². The topological polar surface area (TPSA) is 28.7 Å². The summed E-state index contributed by atoms with van der Waals surface area (Å²) in [6.07, 6.45) is 1.99. The number of pyridine rings is 1. The van der Waals surface area contributed by atoms with Crippen LogP contribution in [0.4, 0.5) is 0 Å². The number of fused-ring (bicyclic) bond motifs is 2. The maximum atomic E-state index is 6.03. The van der Waals surface area contributed by atoms with E-state index in [1.54, 1.807) is 0 Å². The van der Waals surface area contributed by atoms with Crippen molar-refractivity contribution in [3.05, 3.63) is 65.3 Å². The van der Waals surface area contributed by atoms with Gasteiger partial charge in [0, 0.05) is 33.1 Å². The van der Waals surface area contributed by atoms with Gasteiger partial charge in [-0.1, -0.05) is 35.4 Å². The molecule has 0 atom stereocenters. The lowest BCUT2D eigenvalue weighted by atomic mass is 10.1. The number of aromatic amines is 1. The van der Waals surface area contributed by atoms with Gasteiger partial charge in [0.1, 0.15) is 0 Å². The summed E-state index contributed by atoms with van der Waals surface area (Å²) in [5.74, 6) is 0. The summed E-state index contributed by atoms with van der Waals surface area (Å²) in [4.78, 5) is 8.04. The molecule has 2 heterocycles. The van der Waals surface area contributed by atoms with Gasteiger partial charge in [-0.25, -0.2) is 4.98 Å². The van der Waals surface area contributed by atoms with Gasteiger partial charge >= 0.3 is 0 Å². The molecule has 21 heavy (non-hydrogen) atoms. The molecule has 2 aromatic carbocycles. The third kappa shape index (κ3) is 2.08. The van der Waals surface area contributed by atoms with Crippen LogP contribution in [0.15, 0.2) is 54.7 Å². The number of nitrogens with one attached hydrogen (secondary N) is 1. The van der Waals surface area contributed by atoms with Gasteiger partial charge in [-0.2, -0.15) is 0 Å². The molecular formula is C18H13ClN2. The van der Waals surface area contributed by atoms with Gasteiger partial charge in [0.25, 0.3) is 0 Å². The number of nitrogens with zero attached hydrogens (tertiary/aromatic N) is 1. The second-order valence-electron chi connectivity index (χ2n) is 5.28. The summed E-state index contributed by atoms with van der Waals surface area (Å²) in [6.45, 7) is 2.09. The van der Waals surface area contributed by atoms with E-state index in [9.17, 15) is 0 Å². The molecule has 0 aliphatic rings. The summed E-state index contributed by atoms with van der Waals surface area (Å²) < 4.78 is 0. The van der Waals surface area contributed by atoms with Gasteiger partial charge in [0.2, 0.25) is 0 Å². The molecule has 0 saturated carbocycles. The van der Waals surface area contributed by atoms with Crippen molar-refractivity contribution in [1.29, 1.82) is 0 Å². The minimum Gasteiger partial charge on any atom is -0.360 e. The molecule has 0 fully saturated rings. The van der Waals surface area contributed by atoms with Gasteiger partial charge in [-0.3, -0.25) is 0 Å². The van der Waals surface area contributed by atoms with E-state index in [-0.39, 0.29) is 0 Å². The minimum absolute atomic E-state index is 0.734. The molecule has 1 N–H and O–H groups in total. The van der Waals surface area contributed by atoms with Gasteiger partial charge in [0.15, 0.2) is 0 Å². The van der Waals surface area contributed by atoms with E-state index < -0.39 is 0 Å². The molecule has 0 aliphatic carbocycles. The Labute approximate surface area is 127 Å². The molecule has 0 amide bonds. The highest BCUT2D eigenvalue weighted by Crippen LogP contribution is 2.30. The van der Waals surface area contributed by atoms with E-state index in [2.05, 4.69) is 42.2 Å². The average Bonchev–Trinajstić information content (AvgIpc) is 2.89. The van der Waals surface area contributed by atoms with Crippen molar-refractivity contribution in [2.75, 3.05) is 0 Å². The van der Waals surface area contributed by atoms with E-state index in [1.165, 1.54) is 10.9 Å². The van der Waals surface area contributed by atoms with Gasteiger partial charge in [-0.15, -0.1) is 0 Å². The number of hydrogen-bond donors (Lipinski definition) is 1. The highest BCUT2D eigenvalue weighted by atomic mass is 35.5. The first kappa shape index (κ1) is 12.4. The molecule has 0 spiro atoms. The van der Waals surface area contributed by atoms with Crippen LogP contribution in [-0.2, 0) is 0 Å². The SMILES string of the molecule is Cc1ccc2nc(-c3c[nH]c4cc(Cl)ccc34)ccc2c1. The van der Waals surface area contributed by atoms with Gasteiger partial charge in [0.05, 0.1) is 11.2 Å². The van der Waals surface area contributed by atoms with Crippen LogP contribution in [0.2, 0.25) is 5.02 Å². The lowest BCUT2D eigenvalue weighted by Gasteiger charge is -2.03. The van der Waals surface area contributed by atoms with E-state index in [0.717, 1.165) is 32.7 Å². The molecule has 102 valence electrons. The summed E-state index contributed by atoms with van der Waals surface area (Å²) in [7, 11) is 0. The number of aryl methyl sites for hydroxylation is 1. The van der Waals surface area contributed by atoms with E-state index in [4.69, 9.17) is 16.6 Å². The lowest BCUT2D eigenvalue weighted by Crippen LogP contribution is -1.85. The highest BCUT2D eigenvalue weighted by molar-refractivity contribution is 6.31. The number of hydrogen-bond acceptors (Lipinski definition) is 1. The molecule has 0 radical (unpaired) electrons. The smallest absolute Gasteiger partial charge is 0.0731 e. The quantitative estimate of drug-likeness (QED) is 0.503. The van der Waals surface area contributed by atoms with Gasteiger partial charge in [-0.05, 0) is 37.3 Å². The first-order chi connectivity index (χ1) is 10.2. The van der Waals surface area contributed by atoms with E-state index in [0.29, 0.717) is 0 Å². The van der Waals surface area contributed by atoms with Crippen molar-refractivity contribution in [2.45, 2.75) is 6.92 Å². The van der Waals surface area contributed by atoms with Crippen LogP contribution in [0, 0.1) is 6.92 Å². The van der Waals surface area contributed by atoms with Crippen LogP contribution < -0.4 is 0 Å². The molecule has 2 aromatic heterocycles. The Bertz CT molecular complexity index is 969. The van der Waals surface area contributed by atoms with Crippen molar-refractivity contribution in [1.82, 2.24) is 9.97 Å². The number of halogens is 1. The molecule has 4 rings (SSSR count). The molecule has 4 aromatic rings. The molecule has 3 heteroatoms. The molecule has 0 unspecified atom stereocenters. The van der Waals surface area contributed by atoms with E-state index >= 15 is 0 Å². The fourth-order valence-corrected chi connectivity index (χ4v) is 2.88. The fourth-order valence-electron chi connectivity index (χ4n) is 2.71. The predicted molar refractivity (Wildman–Crippen MR) is 88.8 cm³/mol. The second-order valence-corrected chi connectivity index (χ2v) is 5.72. The third-order valence-electron chi connectivity index (χ3n) is 3.76. The predicted octanol–water partition coefficient (Wildman–Crippen LogP) is 5.34. The standard InChI is InChI=1S/C18H13ClN2/c1-11-2-6-16-12(8-11)3-7-17(21-16)15-10-20-18-9-13(19)4-5-14(15)18/h2-10,20H,1H3. The Morgan fingerprint density at radius 1 is 1.00 bits per heavy atom. The van der Waals surface area contributed by atoms with Crippen molar-refractivity contribution >= 4 is 33.4 Å². The van der Waals surface area contributed by atoms with Crippen LogP contribution >= 0.6 is 11.6 Å². The Hall–Kier alpha value is -2.32. The van der Waals surface area contributed by atoms with Crippen molar-refractivity contribution in [3.63, 3.8) is 0 Å². The second kappa shape index (κ2) is 4.61. The molecule has 0 saturated heterocycles. The zero-order chi connectivity index (χ0) is 14.4.